The average Bonchev–Trinajstić information content (AvgIpc) is 2.51. The van der Waals surface area contributed by atoms with Gasteiger partial charge in [-0.05, 0) is 30.0 Å². The van der Waals surface area contributed by atoms with E-state index in [4.69, 9.17) is 0 Å². The van der Waals surface area contributed by atoms with Gasteiger partial charge in [-0.15, -0.1) is 0 Å². The van der Waals surface area contributed by atoms with Gasteiger partial charge in [0.05, 0.1) is 0 Å². The number of amides is 2. The van der Waals surface area contributed by atoms with Crippen LogP contribution in [0.3, 0.4) is 0 Å². The largest absolute Gasteiger partial charge is 0.480 e. The van der Waals surface area contributed by atoms with Crippen molar-refractivity contribution < 1.29 is 19.5 Å². The zero-order valence-electron chi connectivity index (χ0n) is 14.6. The van der Waals surface area contributed by atoms with Crippen LogP contribution >= 0.6 is 0 Å². The highest BCUT2D eigenvalue weighted by molar-refractivity contribution is 5.96. The van der Waals surface area contributed by atoms with E-state index in [1.165, 1.54) is 0 Å². The minimum Gasteiger partial charge on any atom is -0.480 e. The van der Waals surface area contributed by atoms with E-state index in [1.807, 2.05) is 27.7 Å². The van der Waals surface area contributed by atoms with E-state index in [0.717, 1.165) is 5.56 Å². The molecule has 132 valence electrons. The van der Waals surface area contributed by atoms with Crippen molar-refractivity contribution in [3.63, 3.8) is 0 Å². The topological polar surface area (TPSA) is 95.5 Å². The van der Waals surface area contributed by atoms with E-state index in [2.05, 4.69) is 10.6 Å². The molecule has 0 fully saturated rings. The molecule has 0 radical (unpaired) electrons. The number of carboxylic acids is 1. The van der Waals surface area contributed by atoms with E-state index in [0.29, 0.717) is 18.5 Å². The Kier molecular flexibility index (Phi) is 7.42. The third kappa shape index (κ3) is 6.40. The minimum atomic E-state index is -1.04. The number of carboxylic acid groups (broad SMARTS) is 1. The number of carbonyl (C=O) groups is 3. The van der Waals surface area contributed by atoms with Gasteiger partial charge >= 0.3 is 5.97 Å². The highest BCUT2D eigenvalue weighted by Gasteiger charge is 2.21. The van der Waals surface area contributed by atoms with Crippen LogP contribution in [0.5, 0.6) is 0 Å². The van der Waals surface area contributed by atoms with Crippen molar-refractivity contribution in [2.75, 3.05) is 0 Å². The first-order chi connectivity index (χ1) is 11.2. The number of aliphatic carboxylic acids is 1. The molecule has 1 rings (SSSR count). The first-order valence-electron chi connectivity index (χ1n) is 8.11. The van der Waals surface area contributed by atoms with Crippen molar-refractivity contribution >= 4 is 17.8 Å². The van der Waals surface area contributed by atoms with Gasteiger partial charge in [-0.25, -0.2) is 4.79 Å². The SMILES string of the molecule is CC(C)CC(NC(=O)c1ccc(CNC(=O)C(C)C)cc1)C(=O)O. The molecule has 0 aromatic heterocycles. The Bertz CT molecular complexity index is 579. The van der Waals surface area contributed by atoms with Gasteiger partial charge in [0.2, 0.25) is 5.91 Å². The maximum Gasteiger partial charge on any atom is 0.326 e. The smallest absolute Gasteiger partial charge is 0.326 e. The summed E-state index contributed by atoms with van der Waals surface area (Å²) >= 11 is 0. The lowest BCUT2D eigenvalue weighted by molar-refractivity contribution is -0.139. The van der Waals surface area contributed by atoms with E-state index >= 15 is 0 Å². The van der Waals surface area contributed by atoms with Gasteiger partial charge in [-0.3, -0.25) is 9.59 Å². The summed E-state index contributed by atoms with van der Waals surface area (Å²) in [4.78, 5) is 34.9. The zero-order chi connectivity index (χ0) is 18.3. The molecule has 1 unspecified atom stereocenters. The molecule has 1 atom stereocenters. The molecule has 3 N–H and O–H groups in total. The van der Waals surface area contributed by atoms with Crippen molar-refractivity contribution in [1.29, 1.82) is 0 Å². The van der Waals surface area contributed by atoms with Crippen LogP contribution in [-0.4, -0.2) is 28.9 Å². The van der Waals surface area contributed by atoms with E-state index in [1.54, 1.807) is 24.3 Å². The molecule has 6 heteroatoms. The Hall–Kier alpha value is -2.37. The lowest BCUT2D eigenvalue weighted by Crippen LogP contribution is -2.41. The van der Waals surface area contributed by atoms with Crippen molar-refractivity contribution in [2.45, 2.75) is 46.7 Å². The second kappa shape index (κ2) is 9.05. The summed E-state index contributed by atoms with van der Waals surface area (Å²) in [7, 11) is 0. The molecule has 1 aromatic carbocycles. The fraction of sp³-hybridized carbons (Fsp3) is 0.500. The van der Waals surface area contributed by atoms with Crippen molar-refractivity contribution in [2.24, 2.45) is 11.8 Å². The van der Waals surface area contributed by atoms with E-state index in [9.17, 15) is 19.5 Å². The van der Waals surface area contributed by atoms with Crippen LogP contribution in [0.25, 0.3) is 0 Å². The summed E-state index contributed by atoms with van der Waals surface area (Å²) in [5.41, 5.74) is 1.27. The van der Waals surface area contributed by atoms with Crippen LogP contribution in [0.15, 0.2) is 24.3 Å². The Morgan fingerprint density at radius 3 is 2.08 bits per heavy atom. The van der Waals surface area contributed by atoms with Gasteiger partial charge < -0.3 is 15.7 Å². The maximum atomic E-state index is 12.2. The molecule has 0 saturated heterocycles. The Balaban J connectivity index is 2.65. The molecular formula is C18H26N2O4. The van der Waals surface area contributed by atoms with Crippen molar-refractivity contribution in [3.8, 4) is 0 Å². The van der Waals surface area contributed by atoms with Gasteiger partial charge in [0.1, 0.15) is 6.04 Å². The van der Waals surface area contributed by atoms with Crippen LogP contribution in [0.1, 0.15) is 50.0 Å². The first-order valence-corrected chi connectivity index (χ1v) is 8.11. The zero-order valence-corrected chi connectivity index (χ0v) is 14.6. The summed E-state index contributed by atoms with van der Waals surface area (Å²) < 4.78 is 0. The molecule has 0 spiro atoms. The molecular weight excluding hydrogens is 308 g/mol. The molecule has 6 nitrogen and oxygen atoms in total. The molecule has 0 aliphatic heterocycles. The lowest BCUT2D eigenvalue weighted by atomic mass is 10.0. The molecule has 24 heavy (non-hydrogen) atoms. The van der Waals surface area contributed by atoms with Crippen LogP contribution in [0, 0.1) is 11.8 Å². The minimum absolute atomic E-state index is 0.0326. The molecule has 2 amide bonds. The van der Waals surface area contributed by atoms with Gasteiger partial charge in [0.15, 0.2) is 0 Å². The molecule has 0 heterocycles. The van der Waals surface area contributed by atoms with Crippen molar-refractivity contribution in [3.05, 3.63) is 35.4 Å². The Morgan fingerprint density at radius 1 is 1.04 bits per heavy atom. The van der Waals surface area contributed by atoms with Crippen molar-refractivity contribution in [1.82, 2.24) is 10.6 Å². The Morgan fingerprint density at radius 2 is 1.62 bits per heavy atom. The van der Waals surface area contributed by atoms with Gasteiger partial charge in [-0.1, -0.05) is 39.8 Å². The summed E-state index contributed by atoms with van der Waals surface area (Å²) in [6.45, 7) is 7.84. The summed E-state index contributed by atoms with van der Waals surface area (Å²) in [6.07, 6.45) is 0.375. The normalized spacial score (nSPS) is 12.1. The second-order valence-electron chi connectivity index (χ2n) is 6.56. The number of nitrogens with one attached hydrogen (secondary N) is 2. The first kappa shape index (κ1) is 19.7. The molecule has 0 saturated carbocycles. The average molecular weight is 334 g/mol. The number of carbonyl (C=O) groups excluding carboxylic acids is 2. The monoisotopic (exact) mass is 334 g/mol. The van der Waals surface area contributed by atoms with Crippen LogP contribution in [0.2, 0.25) is 0 Å². The highest BCUT2D eigenvalue weighted by Crippen LogP contribution is 2.08. The van der Waals surface area contributed by atoms with Gasteiger partial charge in [0, 0.05) is 18.0 Å². The second-order valence-corrected chi connectivity index (χ2v) is 6.56. The highest BCUT2D eigenvalue weighted by atomic mass is 16.4. The van der Waals surface area contributed by atoms with Gasteiger partial charge in [-0.2, -0.15) is 0 Å². The summed E-state index contributed by atoms with van der Waals surface area (Å²) in [6, 6.07) is 5.84. The number of benzene rings is 1. The number of hydrogen-bond acceptors (Lipinski definition) is 3. The predicted molar refractivity (Wildman–Crippen MR) is 91.5 cm³/mol. The van der Waals surface area contributed by atoms with Crippen LogP contribution in [0.4, 0.5) is 0 Å². The summed E-state index contributed by atoms with van der Waals surface area (Å²) in [5.74, 6) is -1.40. The van der Waals surface area contributed by atoms with E-state index < -0.39 is 17.9 Å². The molecule has 0 aliphatic carbocycles. The van der Waals surface area contributed by atoms with E-state index in [-0.39, 0.29) is 17.7 Å². The standard InChI is InChI=1S/C18H26N2O4/c1-11(2)9-15(18(23)24)20-17(22)14-7-5-13(6-8-14)10-19-16(21)12(3)4/h5-8,11-12,15H,9-10H2,1-4H3,(H,19,21)(H,20,22)(H,23,24). The fourth-order valence-electron chi connectivity index (χ4n) is 2.10. The summed E-state index contributed by atoms with van der Waals surface area (Å²) in [5, 5.41) is 14.5. The number of rotatable bonds is 8. The van der Waals surface area contributed by atoms with Crippen LogP contribution in [-0.2, 0) is 16.1 Å². The number of hydrogen-bond donors (Lipinski definition) is 3. The third-order valence-electron chi connectivity index (χ3n) is 3.52. The van der Waals surface area contributed by atoms with Gasteiger partial charge in [0.25, 0.3) is 5.91 Å². The molecule has 1 aromatic rings. The Labute approximate surface area is 142 Å². The molecule has 0 aliphatic rings. The predicted octanol–water partition coefficient (Wildman–Crippen LogP) is 2.19. The van der Waals surface area contributed by atoms with Crippen LogP contribution < -0.4 is 10.6 Å². The third-order valence-corrected chi connectivity index (χ3v) is 3.52. The molecule has 0 bridgehead atoms. The maximum absolute atomic E-state index is 12.2. The lowest BCUT2D eigenvalue weighted by Gasteiger charge is -2.16. The fourth-order valence-corrected chi connectivity index (χ4v) is 2.10. The quantitative estimate of drug-likeness (QED) is 0.679.